The second-order valence-corrected chi connectivity index (χ2v) is 7.14. The Labute approximate surface area is 130 Å². The minimum absolute atomic E-state index is 0.229. The van der Waals surface area contributed by atoms with Gasteiger partial charge in [0.1, 0.15) is 0 Å². The van der Waals surface area contributed by atoms with Crippen LogP contribution in [0.3, 0.4) is 0 Å². The van der Waals surface area contributed by atoms with Crippen LogP contribution in [0.4, 0.5) is 0 Å². The first-order valence-electron chi connectivity index (χ1n) is 7.55. The number of thiophene rings is 1. The highest BCUT2D eigenvalue weighted by Gasteiger charge is 2.35. The number of hydrogen-bond acceptors (Lipinski definition) is 4. The topological polar surface area (TPSA) is 32.7 Å². The normalized spacial score (nSPS) is 19.0. The fraction of sp³-hybridized carbons (Fsp3) is 0.529. The van der Waals surface area contributed by atoms with Crippen molar-refractivity contribution in [3.8, 4) is 0 Å². The van der Waals surface area contributed by atoms with Gasteiger partial charge in [0.25, 0.3) is 0 Å². The van der Waals surface area contributed by atoms with Gasteiger partial charge >= 0.3 is 0 Å². The van der Waals surface area contributed by atoms with E-state index in [-0.39, 0.29) is 11.6 Å². The standard InChI is InChI=1S/C17H23NO2S/c1-17(2,18-7-9-20-10-8-18)16(19)11-13-12-21-15-6-4-3-5-14(13)15/h3-6,12,16,19H,7-11H2,1-2H3. The Balaban J connectivity index is 1.77. The van der Waals surface area contributed by atoms with Gasteiger partial charge in [0.05, 0.1) is 19.3 Å². The zero-order valence-electron chi connectivity index (χ0n) is 12.7. The van der Waals surface area contributed by atoms with Gasteiger partial charge in [0.2, 0.25) is 0 Å². The van der Waals surface area contributed by atoms with Crippen molar-refractivity contribution >= 4 is 21.4 Å². The number of ether oxygens (including phenoxy) is 1. The Bertz CT molecular complexity index is 602. The van der Waals surface area contributed by atoms with E-state index in [1.807, 2.05) is 0 Å². The predicted octanol–water partition coefficient (Wildman–Crippen LogP) is 2.92. The molecule has 2 aromatic rings. The first kappa shape index (κ1) is 15.0. The van der Waals surface area contributed by atoms with Crippen LogP contribution in [0, 0.1) is 0 Å². The monoisotopic (exact) mass is 305 g/mol. The smallest absolute Gasteiger partial charge is 0.0759 e. The summed E-state index contributed by atoms with van der Waals surface area (Å²) in [5, 5.41) is 14.2. The molecule has 0 saturated carbocycles. The van der Waals surface area contributed by atoms with E-state index in [1.165, 1.54) is 15.6 Å². The van der Waals surface area contributed by atoms with Gasteiger partial charge in [-0.3, -0.25) is 4.90 Å². The molecule has 3 nitrogen and oxygen atoms in total. The average Bonchev–Trinajstić information content (AvgIpc) is 2.91. The Hall–Kier alpha value is -0.940. The quantitative estimate of drug-likeness (QED) is 0.943. The molecule has 1 saturated heterocycles. The maximum atomic E-state index is 10.8. The van der Waals surface area contributed by atoms with E-state index in [2.05, 4.69) is 48.4 Å². The Morgan fingerprint density at radius 1 is 1.29 bits per heavy atom. The minimum atomic E-state index is -0.381. The average molecular weight is 305 g/mol. The van der Waals surface area contributed by atoms with Crippen LogP contribution in [0.1, 0.15) is 19.4 Å². The molecule has 114 valence electrons. The Kier molecular flexibility index (Phi) is 4.31. The first-order valence-corrected chi connectivity index (χ1v) is 8.43. The van der Waals surface area contributed by atoms with E-state index < -0.39 is 0 Å². The molecule has 0 radical (unpaired) electrons. The number of benzene rings is 1. The van der Waals surface area contributed by atoms with Crippen molar-refractivity contribution in [2.45, 2.75) is 31.9 Å². The van der Waals surface area contributed by atoms with Gasteiger partial charge in [-0.2, -0.15) is 0 Å². The van der Waals surface area contributed by atoms with Crippen LogP contribution in [0.25, 0.3) is 10.1 Å². The summed E-state index contributed by atoms with van der Waals surface area (Å²) in [5.41, 5.74) is 1.02. The fourth-order valence-corrected chi connectivity index (χ4v) is 3.98. The molecule has 1 fully saturated rings. The second-order valence-electron chi connectivity index (χ2n) is 6.23. The molecular formula is C17H23NO2S. The summed E-state index contributed by atoms with van der Waals surface area (Å²) in [6, 6.07) is 8.42. The molecule has 1 aliphatic rings. The molecule has 1 aromatic carbocycles. The summed E-state index contributed by atoms with van der Waals surface area (Å²) in [6.07, 6.45) is 0.322. The van der Waals surface area contributed by atoms with E-state index in [4.69, 9.17) is 4.74 Å². The maximum Gasteiger partial charge on any atom is 0.0759 e. The largest absolute Gasteiger partial charge is 0.391 e. The number of aliphatic hydroxyl groups is 1. The first-order chi connectivity index (χ1) is 10.1. The molecule has 4 heteroatoms. The summed E-state index contributed by atoms with van der Waals surface area (Å²) in [5.74, 6) is 0. The number of rotatable bonds is 4. The molecule has 0 aliphatic carbocycles. The SMILES string of the molecule is CC(C)(C(O)Cc1csc2ccccc12)N1CCOCC1. The van der Waals surface area contributed by atoms with Gasteiger partial charge in [-0.25, -0.2) is 0 Å². The van der Waals surface area contributed by atoms with Crippen LogP contribution in [0.15, 0.2) is 29.6 Å². The van der Waals surface area contributed by atoms with Crippen LogP contribution < -0.4 is 0 Å². The number of morpholine rings is 1. The highest BCUT2D eigenvalue weighted by molar-refractivity contribution is 7.17. The van der Waals surface area contributed by atoms with Crippen molar-refractivity contribution < 1.29 is 9.84 Å². The second kappa shape index (κ2) is 6.05. The Morgan fingerprint density at radius 3 is 2.76 bits per heavy atom. The highest BCUT2D eigenvalue weighted by Crippen LogP contribution is 2.30. The third-order valence-corrected chi connectivity index (χ3v) is 5.63. The molecule has 21 heavy (non-hydrogen) atoms. The summed E-state index contributed by atoms with van der Waals surface area (Å²) in [6.45, 7) is 7.59. The van der Waals surface area contributed by atoms with Crippen LogP contribution in [0.2, 0.25) is 0 Å². The van der Waals surface area contributed by atoms with E-state index >= 15 is 0 Å². The van der Waals surface area contributed by atoms with Gasteiger partial charge in [-0.15, -0.1) is 11.3 Å². The van der Waals surface area contributed by atoms with Gasteiger partial charge in [0, 0.05) is 29.7 Å². The lowest BCUT2D eigenvalue weighted by Crippen LogP contribution is -2.56. The molecule has 1 aromatic heterocycles. The van der Waals surface area contributed by atoms with Gasteiger partial charge in [0.15, 0.2) is 0 Å². The van der Waals surface area contributed by atoms with Gasteiger partial charge in [-0.1, -0.05) is 18.2 Å². The molecule has 1 atom stereocenters. The Morgan fingerprint density at radius 2 is 2.00 bits per heavy atom. The zero-order chi connectivity index (χ0) is 14.9. The molecule has 1 unspecified atom stereocenters. The third kappa shape index (κ3) is 2.99. The van der Waals surface area contributed by atoms with Crippen LogP contribution in [-0.2, 0) is 11.2 Å². The number of nitrogens with zero attached hydrogens (tertiary/aromatic N) is 1. The van der Waals surface area contributed by atoms with Crippen molar-refractivity contribution in [2.24, 2.45) is 0 Å². The van der Waals surface area contributed by atoms with Gasteiger partial charge in [-0.05, 0) is 36.2 Å². The summed E-state index contributed by atoms with van der Waals surface area (Å²) >= 11 is 1.76. The van der Waals surface area contributed by atoms with E-state index in [1.54, 1.807) is 11.3 Å². The van der Waals surface area contributed by atoms with Crippen molar-refractivity contribution in [2.75, 3.05) is 26.3 Å². The van der Waals surface area contributed by atoms with Crippen LogP contribution in [0.5, 0.6) is 0 Å². The van der Waals surface area contributed by atoms with Crippen molar-refractivity contribution in [3.63, 3.8) is 0 Å². The molecule has 2 heterocycles. The highest BCUT2D eigenvalue weighted by atomic mass is 32.1. The van der Waals surface area contributed by atoms with Crippen LogP contribution in [-0.4, -0.2) is 48.0 Å². The molecule has 3 rings (SSSR count). The van der Waals surface area contributed by atoms with Gasteiger partial charge < -0.3 is 9.84 Å². The molecule has 1 aliphatic heterocycles. The van der Waals surface area contributed by atoms with E-state index in [9.17, 15) is 5.11 Å². The van der Waals surface area contributed by atoms with E-state index in [0.29, 0.717) is 6.42 Å². The van der Waals surface area contributed by atoms with Crippen molar-refractivity contribution in [1.82, 2.24) is 4.90 Å². The predicted molar refractivity (Wildman–Crippen MR) is 88.0 cm³/mol. The number of hydrogen-bond donors (Lipinski definition) is 1. The lowest BCUT2D eigenvalue weighted by atomic mass is 9.89. The summed E-state index contributed by atoms with van der Waals surface area (Å²) < 4.78 is 6.71. The zero-order valence-corrected chi connectivity index (χ0v) is 13.5. The summed E-state index contributed by atoms with van der Waals surface area (Å²) in [4.78, 5) is 2.34. The van der Waals surface area contributed by atoms with E-state index in [0.717, 1.165) is 26.3 Å². The molecule has 0 spiro atoms. The lowest BCUT2D eigenvalue weighted by Gasteiger charge is -2.43. The fourth-order valence-electron chi connectivity index (χ4n) is 3.00. The number of aliphatic hydroxyl groups excluding tert-OH is 1. The third-order valence-electron chi connectivity index (χ3n) is 4.62. The minimum Gasteiger partial charge on any atom is -0.391 e. The van der Waals surface area contributed by atoms with Crippen molar-refractivity contribution in [3.05, 3.63) is 35.2 Å². The lowest BCUT2D eigenvalue weighted by molar-refractivity contribution is -0.0611. The molecule has 1 N–H and O–H groups in total. The maximum absolute atomic E-state index is 10.8. The van der Waals surface area contributed by atoms with Crippen LogP contribution >= 0.6 is 11.3 Å². The van der Waals surface area contributed by atoms with Crippen molar-refractivity contribution in [1.29, 1.82) is 0 Å². The summed E-state index contributed by atoms with van der Waals surface area (Å²) in [7, 11) is 0. The number of fused-ring (bicyclic) bond motifs is 1. The molecular weight excluding hydrogens is 282 g/mol. The molecule has 0 amide bonds. The molecule has 0 bridgehead atoms.